The number of rotatable bonds is 8. The second-order valence-corrected chi connectivity index (χ2v) is 7.01. The van der Waals surface area contributed by atoms with Crippen molar-refractivity contribution in [1.82, 2.24) is 9.97 Å². The second kappa shape index (κ2) is 8.28. The topological polar surface area (TPSA) is 25.8 Å². The van der Waals surface area contributed by atoms with Crippen LogP contribution in [0.3, 0.4) is 0 Å². The third-order valence-corrected chi connectivity index (χ3v) is 5.88. The van der Waals surface area contributed by atoms with E-state index in [2.05, 4.69) is 57.2 Å². The summed E-state index contributed by atoms with van der Waals surface area (Å²) < 4.78 is 0. The van der Waals surface area contributed by atoms with E-state index in [1.165, 1.54) is 31.2 Å². The fourth-order valence-electron chi connectivity index (χ4n) is 2.56. The van der Waals surface area contributed by atoms with Crippen molar-refractivity contribution in [2.75, 3.05) is 11.5 Å². The van der Waals surface area contributed by atoms with Crippen molar-refractivity contribution in [3.63, 3.8) is 0 Å². The minimum atomic E-state index is 0.327. The van der Waals surface area contributed by atoms with E-state index in [4.69, 9.17) is 0 Å². The van der Waals surface area contributed by atoms with E-state index in [9.17, 15) is 0 Å². The Morgan fingerprint density at radius 2 is 1.50 bits per heavy atom. The van der Waals surface area contributed by atoms with Gasteiger partial charge in [-0.05, 0) is 50.3 Å². The fourth-order valence-corrected chi connectivity index (χ4v) is 4.37. The number of thiol groups is 1. The molecule has 114 valence electrons. The summed E-state index contributed by atoms with van der Waals surface area (Å²) in [7, 11) is 0. The van der Waals surface area contributed by atoms with E-state index in [0.717, 1.165) is 28.0 Å². The molecule has 0 spiro atoms. The van der Waals surface area contributed by atoms with Gasteiger partial charge in [-0.15, -0.1) is 0 Å². The van der Waals surface area contributed by atoms with Crippen LogP contribution in [0.25, 0.3) is 0 Å². The number of hydrogen-bond donors (Lipinski definition) is 1. The molecule has 0 fully saturated rings. The highest BCUT2D eigenvalue weighted by atomic mass is 32.2. The van der Waals surface area contributed by atoms with Crippen LogP contribution < -0.4 is 0 Å². The van der Waals surface area contributed by atoms with Crippen molar-refractivity contribution in [3.05, 3.63) is 17.0 Å². The van der Waals surface area contributed by atoms with Crippen LogP contribution >= 0.6 is 24.4 Å². The zero-order chi connectivity index (χ0) is 15.2. The first-order valence-corrected chi connectivity index (χ1v) is 9.15. The SMILES string of the molecule is CCCC(CS)(CCC)CSc1nc(C)c(C)c(C)n1. The predicted octanol–water partition coefficient (Wildman–Crippen LogP) is 5.01. The molecule has 0 atom stereocenters. The Hall–Kier alpha value is -0.220. The number of thioether (sulfide) groups is 1. The first-order chi connectivity index (χ1) is 9.48. The molecule has 0 aliphatic heterocycles. The average Bonchev–Trinajstić information content (AvgIpc) is 2.42. The molecule has 1 aromatic rings. The summed E-state index contributed by atoms with van der Waals surface area (Å²) >= 11 is 6.42. The van der Waals surface area contributed by atoms with Crippen molar-refractivity contribution in [2.45, 2.75) is 65.5 Å². The molecule has 2 nitrogen and oxygen atoms in total. The molecule has 0 bridgehead atoms. The molecule has 1 heterocycles. The summed E-state index contributed by atoms with van der Waals surface area (Å²) in [5.41, 5.74) is 3.73. The third kappa shape index (κ3) is 4.66. The lowest BCUT2D eigenvalue weighted by molar-refractivity contribution is 0.318. The number of aromatic nitrogens is 2. The van der Waals surface area contributed by atoms with Gasteiger partial charge in [0.1, 0.15) is 0 Å². The first kappa shape index (κ1) is 17.8. The van der Waals surface area contributed by atoms with Crippen molar-refractivity contribution in [3.8, 4) is 0 Å². The Bertz CT molecular complexity index is 403. The number of hydrogen-bond acceptors (Lipinski definition) is 4. The summed E-state index contributed by atoms with van der Waals surface area (Å²) in [5, 5.41) is 0.920. The third-order valence-electron chi connectivity index (χ3n) is 4.02. The van der Waals surface area contributed by atoms with Crippen LogP contribution in [0.1, 0.15) is 56.5 Å². The van der Waals surface area contributed by atoms with E-state index >= 15 is 0 Å². The molecule has 1 aromatic heterocycles. The Morgan fingerprint density at radius 1 is 1.00 bits per heavy atom. The molecule has 0 amide bonds. The smallest absolute Gasteiger partial charge is 0.188 e. The fraction of sp³-hybridized carbons (Fsp3) is 0.750. The van der Waals surface area contributed by atoms with Crippen LogP contribution in [0.2, 0.25) is 0 Å². The molecule has 0 saturated carbocycles. The molecule has 0 saturated heterocycles. The summed E-state index contributed by atoms with van der Waals surface area (Å²) in [4.78, 5) is 9.24. The number of aryl methyl sites for hydroxylation is 2. The summed E-state index contributed by atoms with van der Waals surface area (Å²) in [5.74, 6) is 2.02. The van der Waals surface area contributed by atoms with E-state index in [1.807, 2.05) is 0 Å². The van der Waals surface area contributed by atoms with Crippen LogP contribution in [0.15, 0.2) is 5.16 Å². The Labute approximate surface area is 134 Å². The molecular weight excluding hydrogens is 284 g/mol. The highest BCUT2D eigenvalue weighted by molar-refractivity contribution is 7.99. The van der Waals surface area contributed by atoms with E-state index in [1.54, 1.807) is 11.8 Å². The maximum absolute atomic E-state index is 4.62. The molecule has 0 aliphatic carbocycles. The molecule has 0 N–H and O–H groups in total. The maximum Gasteiger partial charge on any atom is 0.188 e. The van der Waals surface area contributed by atoms with Crippen molar-refractivity contribution >= 4 is 24.4 Å². The van der Waals surface area contributed by atoms with Crippen molar-refractivity contribution < 1.29 is 0 Å². The standard InChI is InChI=1S/C16H28N2S2/c1-6-8-16(10-19,9-7-2)11-20-15-17-13(4)12(3)14(5)18-15/h19H,6-11H2,1-5H3. The van der Waals surface area contributed by atoms with Gasteiger partial charge in [-0.1, -0.05) is 38.5 Å². The Kier molecular flexibility index (Phi) is 7.38. The Morgan fingerprint density at radius 3 is 1.90 bits per heavy atom. The molecule has 0 aromatic carbocycles. The zero-order valence-corrected chi connectivity index (χ0v) is 15.2. The van der Waals surface area contributed by atoms with Crippen LogP contribution in [-0.2, 0) is 0 Å². The van der Waals surface area contributed by atoms with Crippen LogP contribution in [0.4, 0.5) is 0 Å². The lowest BCUT2D eigenvalue weighted by Crippen LogP contribution is -2.26. The van der Waals surface area contributed by atoms with Gasteiger partial charge in [0.25, 0.3) is 0 Å². The summed E-state index contributed by atoms with van der Waals surface area (Å²) in [6, 6.07) is 0. The minimum Gasteiger partial charge on any atom is -0.228 e. The van der Waals surface area contributed by atoms with Crippen LogP contribution in [-0.4, -0.2) is 21.5 Å². The number of nitrogens with zero attached hydrogens (tertiary/aromatic N) is 2. The highest BCUT2D eigenvalue weighted by Gasteiger charge is 2.27. The van der Waals surface area contributed by atoms with Gasteiger partial charge in [-0.25, -0.2) is 9.97 Å². The van der Waals surface area contributed by atoms with Gasteiger partial charge in [-0.3, -0.25) is 0 Å². The van der Waals surface area contributed by atoms with E-state index < -0.39 is 0 Å². The van der Waals surface area contributed by atoms with Gasteiger partial charge in [0.2, 0.25) is 0 Å². The second-order valence-electron chi connectivity index (χ2n) is 5.75. The van der Waals surface area contributed by atoms with Gasteiger partial charge in [0, 0.05) is 17.1 Å². The van der Waals surface area contributed by atoms with Gasteiger partial charge in [0.15, 0.2) is 5.16 Å². The average molecular weight is 313 g/mol. The molecule has 0 aliphatic rings. The molecule has 20 heavy (non-hydrogen) atoms. The Balaban J connectivity index is 2.81. The highest BCUT2D eigenvalue weighted by Crippen LogP contribution is 2.36. The monoisotopic (exact) mass is 312 g/mol. The van der Waals surface area contributed by atoms with Gasteiger partial charge in [0.05, 0.1) is 0 Å². The van der Waals surface area contributed by atoms with E-state index in [-0.39, 0.29) is 0 Å². The van der Waals surface area contributed by atoms with Gasteiger partial charge in [-0.2, -0.15) is 12.6 Å². The molecule has 0 unspecified atom stereocenters. The molecule has 4 heteroatoms. The van der Waals surface area contributed by atoms with Gasteiger partial charge < -0.3 is 0 Å². The lowest BCUT2D eigenvalue weighted by Gasteiger charge is -2.31. The molecule has 0 radical (unpaired) electrons. The zero-order valence-electron chi connectivity index (χ0n) is 13.5. The van der Waals surface area contributed by atoms with E-state index in [0.29, 0.717) is 5.41 Å². The minimum absolute atomic E-state index is 0.327. The van der Waals surface area contributed by atoms with Crippen molar-refractivity contribution in [2.24, 2.45) is 5.41 Å². The molecule has 1 rings (SSSR count). The quantitative estimate of drug-likeness (QED) is 0.415. The predicted molar refractivity (Wildman–Crippen MR) is 93.1 cm³/mol. The molecular formula is C16H28N2S2. The lowest BCUT2D eigenvalue weighted by atomic mass is 9.83. The largest absolute Gasteiger partial charge is 0.228 e. The summed E-state index contributed by atoms with van der Waals surface area (Å²) in [6.45, 7) is 10.7. The summed E-state index contributed by atoms with van der Waals surface area (Å²) in [6.07, 6.45) is 4.91. The maximum atomic E-state index is 4.62. The van der Waals surface area contributed by atoms with Crippen molar-refractivity contribution in [1.29, 1.82) is 0 Å². The first-order valence-electron chi connectivity index (χ1n) is 7.53. The van der Waals surface area contributed by atoms with Crippen LogP contribution in [0.5, 0.6) is 0 Å². The van der Waals surface area contributed by atoms with Gasteiger partial charge >= 0.3 is 0 Å². The van der Waals surface area contributed by atoms with Crippen LogP contribution in [0, 0.1) is 26.2 Å². The normalized spacial score (nSPS) is 11.9.